The SMILES string of the molecule is CC1N=Cc2ccn(C(N)=O)c2N1. The summed E-state index contributed by atoms with van der Waals surface area (Å²) in [4.78, 5) is 15.1. The van der Waals surface area contributed by atoms with Crippen molar-refractivity contribution in [3.8, 4) is 0 Å². The first-order valence-corrected chi connectivity index (χ1v) is 3.99. The third kappa shape index (κ3) is 1.18. The molecule has 68 valence electrons. The first kappa shape index (κ1) is 7.85. The Morgan fingerprint density at radius 2 is 2.54 bits per heavy atom. The molecule has 2 rings (SSSR count). The van der Waals surface area contributed by atoms with Crippen molar-refractivity contribution in [2.24, 2.45) is 10.7 Å². The lowest BCUT2D eigenvalue weighted by molar-refractivity contribution is 0.250. The fourth-order valence-corrected chi connectivity index (χ4v) is 1.32. The van der Waals surface area contributed by atoms with E-state index in [1.165, 1.54) is 4.57 Å². The predicted molar refractivity (Wildman–Crippen MR) is 50.1 cm³/mol. The van der Waals surface area contributed by atoms with Crippen LogP contribution in [0.3, 0.4) is 0 Å². The summed E-state index contributed by atoms with van der Waals surface area (Å²) in [5.74, 6) is 0.718. The maximum absolute atomic E-state index is 10.9. The summed E-state index contributed by atoms with van der Waals surface area (Å²) in [7, 11) is 0. The Morgan fingerprint density at radius 1 is 1.77 bits per heavy atom. The number of carbonyl (C=O) groups is 1. The van der Waals surface area contributed by atoms with Gasteiger partial charge in [-0.25, -0.2) is 4.79 Å². The number of amides is 1. The van der Waals surface area contributed by atoms with Gasteiger partial charge in [-0.3, -0.25) is 9.56 Å². The van der Waals surface area contributed by atoms with Crippen molar-refractivity contribution in [2.75, 3.05) is 5.32 Å². The molecule has 1 unspecified atom stereocenters. The molecule has 1 aliphatic rings. The van der Waals surface area contributed by atoms with E-state index in [2.05, 4.69) is 10.3 Å². The maximum atomic E-state index is 10.9. The number of nitrogens with one attached hydrogen (secondary N) is 1. The van der Waals surface area contributed by atoms with Crippen molar-refractivity contribution in [3.63, 3.8) is 0 Å². The number of hydrogen-bond acceptors (Lipinski definition) is 3. The summed E-state index contributed by atoms with van der Waals surface area (Å²) in [5, 5.41) is 3.05. The molecule has 0 fully saturated rings. The quantitative estimate of drug-likeness (QED) is 0.610. The monoisotopic (exact) mass is 178 g/mol. The number of carbonyl (C=O) groups excluding carboxylic acids is 1. The van der Waals surface area contributed by atoms with E-state index in [1.807, 2.05) is 6.92 Å². The van der Waals surface area contributed by atoms with Gasteiger partial charge in [0.25, 0.3) is 0 Å². The zero-order chi connectivity index (χ0) is 9.42. The molecule has 3 N–H and O–H groups in total. The van der Waals surface area contributed by atoms with Gasteiger partial charge in [-0.2, -0.15) is 0 Å². The topological polar surface area (TPSA) is 72.4 Å². The Hall–Kier alpha value is -1.78. The Balaban J connectivity index is 2.49. The van der Waals surface area contributed by atoms with Crippen molar-refractivity contribution in [1.82, 2.24) is 4.57 Å². The molecule has 0 aromatic carbocycles. The number of nitrogens with zero attached hydrogens (tertiary/aromatic N) is 2. The van der Waals surface area contributed by atoms with Crippen LogP contribution in [0, 0.1) is 0 Å². The third-order valence-electron chi connectivity index (χ3n) is 1.94. The number of anilines is 1. The normalized spacial score (nSPS) is 19.3. The second kappa shape index (κ2) is 2.62. The van der Waals surface area contributed by atoms with Gasteiger partial charge in [0.2, 0.25) is 0 Å². The van der Waals surface area contributed by atoms with E-state index in [4.69, 9.17) is 5.73 Å². The van der Waals surface area contributed by atoms with Crippen LogP contribution in [0.5, 0.6) is 0 Å². The molecule has 0 saturated heterocycles. The molecule has 0 bridgehead atoms. The van der Waals surface area contributed by atoms with Gasteiger partial charge in [-0.15, -0.1) is 0 Å². The highest BCUT2D eigenvalue weighted by atomic mass is 16.2. The summed E-state index contributed by atoms with van der Waals surface area (Å²) in [6.45, 7) is 1.90. The Labute approximate surface area is 75.3 Å². The molecule has 0 spiro atoms. The van der Waals surface area contributed by atoms with Crippen LogP contribution >= 0.6 is 0 Å². The van der Waals surface area contributed by atoms with Crippen LogP contribution in [0.4, 0.5) is 10.6 Å². The van der Waals surface area contributed by atoms with Gasteiger partial charge in [0.15, 0.2) is 0 Å². The van der Waals surface area contributed by atoms with E-state index < -0.39 is 6.03 Å². The van der Waals surface area contributed by atoms with Gasteiger partial charge in [0.05, 0.1) is 0 Å². The highest BCUT2D eigenvalue weighted by Gasteiger charge is 2.15. The third-order valence-corrected chi connectivity index (χ3v) is 1.94. The van der Waals surface area contributed by atoms with E-state index >= 15 is 0 Å². The highest BCUT2D eigenvalue weighted by Crippen LogP contribution is 2.19. The first-order valence-electron chi connectivity index (χ1n) is 3.99. The molecule has 5 heteroatoms. The van der Waals surface area contributed by atoms with Gasteiger partial charge in [0, 0.05) is 18.0 Å². The lowest BCUT2D eigenvalue weighted by atomic mass is 10.3. The van der Waals surface area contributed by atoms with Gasteiger partial charge < -0.3 is 11.1 Å². The minimum Gasteiger partial charge on any atom is -0.351 e. The number of fused-ring (bicyclic) bond motifs is 1. The molecule has 1 aromatic rings. The molecule has 1 atom stereocenters. The number of hydrogen-bond donors (Lipinski definition) is 2. The summed E-state index contributed by atoms with van der Waals surface area (Å²) in [6, 6.07) is 1.30. The fraction of sp³-hybridized carbons (Fsp3) is 0.250. The molecule has 1 aromatic heterocycles. The van der Waals surface area contributed by atoms with E-state index in [-0.39, 0.29) is 6.17 Å². The van der Waals surface area contributed by atoms with E-state index in [0.717, 1.165) is 11.4 Å². The van der Waals surface area contributed by atoms with Crippen LogP contribution in [0.15, 0.2) is 17.3 Å². The lowest BCUT2D eigenvalue weighted by Crippen LogP contribution is -2.25. The van der Waals surface area contributed by atoms with Crippen LogP contribution in [0.2, 0.25) is 0 Å². The van der Waals surface area contributed by atoms with E-state index in [0.29, 0.717) is 0 Å². The standard InChI is InChI=1S/C8H10N4O/c1-5-10-4-6-2-3-12(8(9)13)7(6)11-5/h2-5,11H,1H3,(H2,9,13). The van der Waals surface area contributed by atoms with Gasteiger partial charge in [0.1, 0.15) is 12.0 Å². The largest absolute Gasteiger partial charge is 0.351 e. The zero-order valence-electron chi connectivity index (χ0n) is 7.19. The molecule has 1 amide bonds. The smallest absolute Gasteiger partial charge is 0.324 e. The molecule has 5 nitrogen and oxygen atoms in total. The molecule has 0 aliphatic carbocycles. The van der Waals surface area contributed by atoms with Crippen molar-refractivity contribution < 1.29 is 4.79 Å². The van der Waals surface area contributed by atoms with Crippen molar-refractivity contribution >= 4 is 18.1 Å². The fourth-order valence-electron chi connectivity index (χ4n) is 1.32. The average molecular weight is 178 g/mol. The van der Waals surface area contributed by atoms with E-state index in [1.54, 1.807) is 18.5 Å². The van der Waals surface area contributed by atoms with Crippen LogP contribution in [-0.2, 0) is 0 Å². The van der Waals surface area contributed by atoms with Gasteiger partial charge in [-0.1, -0.05) is 0 Å². The number of aliphatic imine (C=N–C) groups is 1. The highest BCUT2D eigenvalue weighted by molar-refractivity contribution is 5.92. The first-order chi connectivity index (χ1) is 6.18. The number of nitrogens with two attached hydrogens (primary N) is 1. The molecular formula is C8H10N4O. The van der Waals surface area contributed by atoms with Gasteiger partial charge >= 0.3 is 6.03 Å². The van der Waals surface area contributed by atoms with Crippen LogP contribution in [0.25, 0.3) is 0 Å². The van der Waals surface area contributed by atoms with Crippen LogP contribution in [0.1, 0.15) is 12.5 Å². The minimum absolute atomic E-state index is 0.0134. The van der Waals surface area contributed by atoms with Crippen molar-refractivity contribution in [1.29, 1.82) is 0 Å². The number of primary amides is 1. The molecule has 1 aliphatic heterocycles. The summed E-state index contributed by atoms with van der Waals surface area (Å²) >= 11 is 0. The number of aromatic nitrogens is 1. The van der Waals surface area contributed by atoms with Crippen LogP contribution in [-0.4, -0.2) is 23.0 Å². The zero-order valence-corrected chi connectivity index (χ0v) is 7.19. The molecule has 13 heavy (non-hydrogen) atoms. The second-order valence-corrected chi connectivity index (χ2v) is 2.93. The van der Waals surface area contributed by atoms with E-state index in [9.17, 15) is 4.79 Å². The van der Waals surface area contributed by atoms with Crippen LogP contribution < -0.4 is 11.1 Å². The molecule has 0 radical (unpaired) electrons. The maximum Gasteiger partial charge on any atom is 0.324 e. The summed E-state index contributed by atoms with van der Waals surface area (Å²) < 4.78 is 1.37. The summed E-state index contributed by atoms with van der Waals surface area (Å²) in [5.41, 5.74) is 6.05. The van der Waals surface area contributed by atoms with Gasteiger partial charge in [-0.05, 0) is 13.0 Å². The molecule has 0 saturated carbocycles. The average Bonchev–Trinajstić information content (AvgIpc) is 2.46. The molecule has 2 heterocycles. The van der Waals surface area contributed by atoms with Crippen molar-refractivity contribution in [3.05, 3.63) is 17.8 Å². The molecular weight excluding hydrogens is 168 g/mol. The summed E-state index contributed by atoms with van der Waals surface area (Å²) in [6.07, 6.45) is 3.35. The lowest BCUT2D eigenvalue weighted by Gasteiger charge is -2.17. The Morgan fingerprint density at radius 3 is 3.23 bits per heavy atom. The Kier molecular flexibility index (Phi) is 1.58. The predicted octanol–water partition coefficient (Wildman–Crippen LogP) is 0.605. The van der Waals surface area contributed by atoms with Crippen molar-refractivity contribution in [2.45, 2.75) is 13.1 Å². The minimum atomic E-state index is -0.490. The second-order valence-electron chi connectivity index (χ2n) is 2.93. The Bertz CT molecular complexity index is 379. The number of rotatable bonds is 0.